The van der Waals surface area contributed by atoms with Gasteiger partial charge in [0, 0.05) is 5.56 Å². The van der Waals surface area contributed by atoms with E-state index in [1.807, 2.05) is 0 Å². The van der Waals surface area contributed by atoms with Crippen LogP contribution >= 0.6 is 34.8 Å². The van der Waals surface area contributed by atoms with Gasteiger partial charge in [-0.25, -0.2) is 0 Å². The molecule has 1 nitrogen and oxygen atoms in total. The lowest BCUT2D eigenvalue weighted by atomic mass is 10.0. The molecule has 0 spiro atoms. The summed E-state index contributed by atoms with van der Waals surface area (Å²) in [6.45, 7) is 0. The fraction of sp³-hybridized carbons (Fsp3) is 0.143. The maximum absolute atomic E-state index is 12.8. The number of ether oxygens (including phenoxy) is 1. The topological polar surface area (TPSA) is 9.23 Å². The number of methoxy groups -OCH3 is 1. The highest BCUT2D eigenvalue weighted by Gasteiger charge is 2.31. The summed E-state index contributed by atoms with van der Waals surface area (Å²) in [5.74, 6) is 0.275. The minimum atomic E-state index is -4.46. The number of hydrogen-bond acceptors (Lipinski definition) is 1. The molecule has 0 aliphatic heterocycles. The van der Waals surface area contributed by atoms with Crippen molar-refractivity contribution in [1.29, 1.82) is 0 Å². The third kappa shape index (κ3) is 3.39. The highest BCUT2D eigenvalue weighted by Crippen LogP contribution is 2.40. The molecule has 0 aliphatic carbocycles. The molecule has 0 bridgehead atoms. The Labute approximate surface area is 134 Å². The van der Waals surface area contributed by atoms with Crippen LogP contribution < -0.4 is 4.74 Å². The fourth-order valence-corrected chi connectivity index (χ4v) is 2.42. The van der Waals surface area contributed by atoms with E-state index >= 15 is 0 Å². The Morgan fingerprint density at radius 3 is 2.00 bits per heavy atom. The lowest BCUT2D eigenvalue weighted by Crippen LogP contribution is -2.05. The molecular formula is C14H8Cl3F3O. The highest BCUT2D eigenvalue weighted by atomic mass is 35.5. The summed E-state index contributed by atoms with van der Waals surface area (Å²) in [7, 11) is 1.37. The van der Waals surface area contributed by atoms with Gasteiger partial charge in [-0.3, -0.25) is 0 Å². The van der Waals surface area contributed by atoms with Gasteiger partial charge in [0.05, 0.1) is 27.7 Å². The quantitative estimate of drug-likeness (QED) is 0.571. The van der Waals surface area contributed by atoms with E-state index in [1.54, 1.807) is 0 Å². The monoisotopic (exact) mass is 354 g/mol. The maximum atomic E-state index is 12.8. The summed E-state index contributed by atoms with van der Waals surface area (Å²) >= 11 is 17.7. The maximum Gasteiger partial charge on any atom is 0.416 e. The van der Waals surface area contributed by atoms with Crippen LogP contribution in [0, 0.1) is 0 Å². The van der Waals surface area contributed by atoms with Crippen molar-refractivity contribution in [2.24, 2.45) is 0 Å². The zero-order valence-corrected chi connectivity index (χ0v) is 12.8. The molecule has 21 heavy (non-hydrogen) atoms. The number of halogens is 6. The van der Waals surface area contributed by atoms with Crippen molar-refractivity contribution in [2.45, 2.75) is 6.18 Å². The van der Waals surface area contributed by atoms with Crippen molar-refractivity contribution < 1.29 is 17.9 Å². The minimum absolute atomic E-state index is 0.146. The number of rotatable bonds is 2. The normalized spacial score (nSPS) is 11.6. The molecule has 2 aromatic carbocycles. The van der Waals surface area contributed by atoms with Crippen molar-refractivity contribution in [3.8, 4) is 16.9 Å². The molecule has 0 amide bonds. The second-order valence-corrected chi connectivity index (χ2v) is 5.36. The summed E-state index contributed by atoms with van der Waals surface area (Å²) in [6, 6.07) is 6.05. The Hall–Kier alpha value is -1.10. The summed E-state index contributed by atoms with van der Waals surface area (Å²) in [6.07, 6.45) is -4.46. The van der Waals surface area contributed by atoms with Crippen LogP contribution in [0.3, 0.4) is 0 Å². The Kier molecular flexibility index (Phi) is 4.61. The fourth-order valence-electron chi connectivity index (χ4n) is 1.82. The van der Waals surface area contributed by atoms with Crippen LogP contribution in [-0.2, 0) is 6.18 Å². The molecule has 0 unspecified atom stereocenters. The van der Waals surface area contributed by atoms with Crippen molar-refractivity contribution in [2.75, 3.05) is 7.11 Å². The molecule has 0 atom stereocenters. The van der Waals surface area contributed by atoms with Crippen LogP contribution in [0.2, 0.25) is 15.1 Å². The van der Waals surface area contributed by atoms with Crippen LogP contribution in [0.25, 0.3) is 11.1 Å². The zero-order valence-electron chi connectivity index (χ0n) is 10.6. The Morgan fingerprint density at radius 1 is 0.952 bits per heavy atom. The molecule has 7 heteroatoms. The molecule has 0 N–H and O–H groups in total. The van der Waals surface area contributed by atoms with E-state index in [-0.39, 0.29) is 26.4 Å². The van der Waals surface area contributed by atoms with Crippen LogP contribution in [0.15, 0.2) is 30.3 Å². The van der Waals surface area contributed by atoms with Gasteiger partial charge in [-0.1, -0.05) is 34.8 Å². The van der Waals surface area contributed by atoms with Crippen LogP contribution in [0.5, 0.6) is 5.75 Å². The largest absolute Gasteiger partial charge is 0.496 e. The van der Waals surface area contributed by atoms with Crippen molar-refractivity contribution in [3.05, 3.63) is 51.0 Å². The Morgan fingerprint density at radius 2 is 1.52 bits per heavy atom. The van der Waals surface area contributed by atoms with E-state index in [9.17, 15) is 13.2 Å². The van der Waals surface area contributed by atoms with Gasteiger partial charge >= 0.3 is 6.18 Å². The van der Waals surface area contributed by atoms with Crippen LogP contribution in [0.1, 0.15) is 5.56 Å². The molecule has 0 fully saturated rings. The second-order valence-electron chi connectivity index (χ2n) is 4.17. The van der Waals surface area contributed by atoms with Gasteiger partial charge in [-0.2, -0.15) is 13.2 Å². The van der Waals surface area contributed by atoms with E-state index in [4.69, 9.17) is 39.5 Å². The number of alkyl halides is 3. The Balaban J connectivity index is 2.67. The first-order chi connectivity index (χ1) is 9.74. The lowest BCUT2D eigenvalue weighted by molar-refractivity contribution is -0.137. The molecule has 2 aromatic rings. The van der Waals surface area contributed by atoms with E-state index in [0.29, 0.717) is 5.56 Å². The molecule has 0 saturated heterocycles. The highest BCUT2D eigenvalue weighted by molar-refractivity contribution is 6.48. The molecule has 0 aliphatic rings. The number of benzene rings is 2. The van der Waals surface area contributed by atoms with Gasteiger partial charge in [0.2, 0.25) is 0 Å². The first-order valence-electron chi connectivity index (χ1n) is 5.64. The van der Waals surface area contributed by atoms with E-state index in [2.05, 4.69) is 0 Å². The predicted molar refractivity (Wildman–Crippen MR) is 78.5 cm³/mol. The van der Waals surface area contributed by atoms with Gasteiger partial charge in [0.25, 0.3) is 0 Å². The SMILES string of the molecule is COc1ccc(C(F)(F)F)cc1-c1cc(Cl)c(Cl)c(Cl)c1. The van der Waals surface area contributed by atoms with Gasteiger partial charge in [-0.15, -0.1) is 0 Å². The Bertz CT molecular complexity index is 661. The summed E-state index contributed by atoms with van der Waals surface area (Å²) in [5.41, 5.74) is -0.175. The van der Waals surface area contributed by atoms with E-state index < -0.39 is 11.7 Å². The van der Waals surface area contributed by atoms with Gasteiger partial charge in [-0.05, 0) is 35.9 Å². The molecular weight excluding hydrogens is 348 g/mol. The lowest BCUT2D eigenvalue weighted by Gasteiger charge is -2.14. The summed E-state index contributed by atoms with van der Waals surface area (Å²) < 4.78 is 43.6. The van der Waals surface area contributed by atoms with Crippen LogP contribution in [0.4, 0.5) is 13.2 Å². The minimum Gasteiger partial charge on any atom is -0.496 e. The van der Waals surface area contributed by atoms with Crippen molar-refractivity contribution >= 4 is 34.8 Å². The molecule has 0 saturated carbocycles. The summed E-state index contributed by atoms with van der Waals surface area (Å²) in [4.78, 5) is 0. The average molecular weight is 356 g/mol. The molecule has 0 heterocycles. The third-order valence-corrected chi connectivity index (χ3v) is 4.02. The molecule has 2 rings (SSSR count). The smallest absolute Gasteiger partial charge is 0.416 e. The van der Waals surface area contributed by atoms with Crippen LogP contribution in [-0.4, -0.2) is 7.11 Å². The van der Waals surface area contributed by atoms with E-state index in [0.717, 1.165) is 12.1 Å². The average Bonchev–Trinajstić information content (AvgIpc) is 2.42. The van der Waals surface area contributed by atoms with Crippen molar-refractivity contribution in [3.63, 3.8) is 0 Å². The molecule has 0 radical (unpaired) electrons. The van der Waals surface area contributed by atoms with Gasteiger partial charge in [0.1, 0.15) is 5.75 Å². The van der Waals surface area contributed by atoms with Crippen molar-refractivity contribution in [1.82, 2.24) is 0 Å². The summed E-state index contributed by atoms with van der Waals surface area (Å²) in [5, 5.41) is 0.449. The first-order valence-corrected chi connectivity index (χ1v) is 6.77. The van der Waals surface area contributed by atoms with Gasteiger partial charge in [0.15, 0.2) is 0 Å². The predicted octanol–water partition coefficient (Wildman–Crippen LogP) is 6.34. The first kappa shape index (κ1) is 16.3. The number of hydrogen-bond donors (Lipinski definition) is 0. The molecule has 112 valence electrons. The van der Waals surface area contributed by atoms with E-state index in [1.165, 1.54) is 25.3 Å². The zero-order chi connectivity index (χ0) is 15.8. The third-order valence-electron chi connectivity index (χ3n) is 2.82. The second kappa shape index (κ2) is 5.95. The standard InChI is InChI=1S/C14H8Cl3F3O/c1-21-12-3-2-8(14(18,19)20)6-9(12)7-4-10(15)13(17)11(16)5-7/h2-6H,1H3. The molecule has 0 aromatic heterocycles. The van der Waals surface area contributed by atoms with Gasteiger partial charge < -0.3 is 4.74 Å².